The number of allylic oxidation sites excluding steroid dienone is 1. The first-order valence-corrected chi connectivity index (χ1v) is 9.15. The van der Waals surface area contributed by atoms with Crippen molar-refractivity contribution in [2.75, 3.05) is 0 Å². The topological polar surface area (TPSA) is 78.2 Å². The molecular weight excluding hydrogens is 302 g/mol. The molecule has 0 radical (unpaired) electrons. The maximum Gasteiger partial charge on any atom is 0.157 e. The third-order valence-corrected chi connectivity index (χ3v) is 7.99. The van der Waals surface area contributed by atoms with Crippen LogP contribution in [0, 0.1) is 39.9 Å². The lowest BCUT2D eigenvalue weighted by molar-refractivity contribution is -0.153. The first kappa shape index (κ1) is 16.0. The van der Waals surface area contributed by atoms with E-state index in [9.17, 15) is 20.0 Å². The number of nitriles is 1. The lowest BCUT2D eigenvalue weighted by Crippen LogP contribution is -2.58. The Morgan fingerprint density at radius 3 is 2.67 bits per heavy atom. The van der Waals surface area contributed by atoms with E-state index in [1.807, 2.05) is 6.92 Å². The number of nitrogens with zero attached hydrogens (tertiary/aromatic N) is 1. The molecule has 4 nitrogen and oxygen atoms in total. The Labute approximate surface area is 142 Å². The van der Waals surface area contributed by atoms with Crippen LogP contribution in [-0.4, -0.2) is 22.3 Å². The number of fused-ring (bicyclic) bond motifs is 5. The van der Waals surface area contributed by atoms with E-state index in [-0.39, 0.29) is 34.7 Å². The standard InChI is InChI=1S/C20H25NO3/c1-18-7-5-13(22)9-12(18)3-4-14-15-6-8-20(24,11-21)19(15,2)10-16(23)17(14)18/h9,14-15,17,24H,3-8,10H2,1-2H3/t14-,15-,17-,18-,19-,20-/m0/s1. The van der Waals surface area contributed by atoms with Gasteiger partial charge in [0.2, 0.25) is 0 Å². The first-order chi connectivity index (χ1) is 11.2. The van der Waals surface area contributed by atoms with Gasteiger partial charge in [0.1, 0.15) is 5.78 Å². The zero-order valence-corrected chi connectivity index (χ0v) is 14.5. The molecule has 0 aromatic carbocycles. The van der Waals surface area contributed by atoms with E-state index in [1.54, 1.807) is 6.08 Å². The molecule has 4 heteroatoms. The summed E-state index contributed by atoms with van der Waals surface area (Å²) < 4.78 is 0. The summed E-state index contributed by atoms with van der Waals surface area (Å²) in [7, 11) is 0. The van der Waals surface area contributed by atoms with E-state index in [2.05, 4.69) is 13.0 Å². The average molecular weight is 327 g/mol. The van der Waals surface area contributed by atoms with Gasteiger partial charge < -0.3 is 5.11 Å². The van der Waals surface area contributed by atoms with E-state index < -0.39 is 11.0 Å². The minimum atomic E-state index is -1.38. The minimum absolute atomic E-state index is 0.0512. The van der Waals surface area contributed by atoms with Gasteiger partial charge in [0.25, 0.3) is 0 Å². The first-order valence-electron chi connectivity index (χ1n) is 9.15. The van der Waals surface area contributed by atoms with E-state index in [4.69, 9.17) is 0 Å². The number of aliphatic hydroxyl groups is 1. The van der Waals surface area contributed by atoms with Crippen molar-refractivity contribution in [2.45, 2.75) is 64.4 Å². The second-order valence-corrected chi connectivity index (χ2v) is 8.91. The summed E-state index contributed by atoms with van der Waals surface area (Å²) in [6.45, 7) is 4.11. The average Bonchev–Trinajstić information content (AvgIpc) is 2.79. The Bertz CT molecular complexity index is 704. The molecule has 0 amide bonds. The van der Waals surface area contributed by atoms with E-state index in [0.29, 0.717) is 19.3 Å². The van der Waals surface area contributed by atoms with Crippen molar-refractivity contribution in [3.8, 4) is 6.07 Å². The van der Waals surface area contributed by atoms with Crippen LogP contribution in [0.3, 0.4) is 0 Å². The summed E-state index contributed by atoms with van der Waals surface area (Å²) in [5.74, 6) is 0.782. The molecule has 24 heavy (non-hydrogen) atoms. The maximum absolute atomic E-state index is 13.2. The van der Waals surface area contributed by atoms with Crippen LogP contribution in [-0.2, 0) is 9.59 Å². The number of ketones is 2. The Morgan fingerprint density at radius 1 is 1.21 bits per heavy atom. The molecule has 3 saturated carbocycles. The van der Waals surface area contributed by atoms with Crippen LogP contribution in [0.15, 0.2) is 11.6 Å². The fraction of sp³-hybridized carbons (Fsp3) is 0.750. The molecule has 128 valence electrons. The number of hydrogen-bond acceptors (Lipinski definition) is 4. The SMILES string of the molecule is C[C@]12CCC(=O)C=C1CC[C@@H]1[C@H]2C(=O)C[C@@]2(C)[C@H]1CC[C@]2(O)C#N. The van der Waals surface area contributed by atoms with Crippen molar-refractivity contribution in [3.05, 3.63) is 11.6 Å². The summed E-state index contributed by atoms with van der Waals surface area (Å²) in [5, 5.41) is 20.3. The van der Waals surface area contributed by atoms with Crippen LogP contribution >= 0.6 is 0 Å². The molecule has 0 aromatic rings. The molecule has 3 fully saturated rings. The Balaban J connectivity index is 1.77. The van der Waals surface area contributed by atoms with Crippen molar-refractivity contribution < 1.29 is 14.7 Å². The molecule has 0 unspecified atom stereocenters. The number of carbonyl (C=O) groups excluding carboxylic acids is 2. The van der Waals surface area contributed by atoms with Gasteiger partial charge in [0.05, 0.1) is 6.07 Å². The third-order valence-electron chi connectivity index (χ3n) is 7.99. The molecule has 0 bridgehead atoms. The normalized spacial score (nSPS) is 50.4. The molecule has 0 aliphatic heterocycles. The summed E-state index contributed by atoms with van der Waals surface area (Å²) in [4.78, 5) is 25.0. The third kappa shape index (κ3) is 1.77. The smallest absolute Gasteiger partial charge is 0.157 e. The van der Waals surface area contributed by atoms with E-state index >= 15 is 0 Å². The molecule has 0 saturated heterocycles. The van der Waals surface area contributed by atoms with Gasteiger partial charge in [-0.2, -0.15) is 5.26 Å². The fourth-order valence-corrected chi connectivity index (χ4v) is 6.57. The van der Waals surface area contributed by atoms with Gasteiger partial charge in [0.15, 0.2) is 11.4 Å². The van der Waals surface area contributed by atoms with Crippen LogP contribution in [0.2, 0.25) is 0 Å². The maximum atomic E-state index is 13.2. The molecule has 4 aliphatic carbocycles. The lowest BCUT2D eigenvalue weighted by Gasteiger charge is -2.57. The highest BCUT2D eigenvalue weighted by molar-refractivity contribution is 5.93. The highest BCUT2D eigenvalue weighted by Gasteiger charge is 2.66. The zero-order valence-electron chi connectivity index (χ0n) is 14.5. The number of hydrogen-bond donors (Lipinski definition) is 1. The monoisotopic (exact) mass is 327 g/mol. The van der Waals surface area contributed by atoms with Crippen LogP contribution in [0.5, 0.6) is 0 Å². The Kier molecular flexibility index (Phi) is 3.20. The Morgan fingerprint density at radius 2 is 1.96 bits per heavy atom. The molecule has 1 N–H and O–H groups in total. The fourth-order valence-electron chi connectivity index (χ4n) is 6.57. The quantitative estimate of drug-likeness (QED) is 0.694. The molecule has 6 atom stereocenters. The predicted octanol–water partition coefficient (Wildman–Crippen LogP) is 2.95. The summed E-state index contributed by atoms with van der Waals surface area (Å²) >= 11 is 0. The largest absolute Gasteiger partial charge is 0.375 e. The molecule has 0 heterocycles. The van der Waals surface area contributed by atoms with Crippen molar-refractivity contribution in [1.82, 2.24) is 0 Å². The van der Waals surface area contributed by atoms with Crippen molar-refractivity contribution in [1.29, 1.82) is 5.26 Å². The molecule has 0 aromatic heterocycles. The second-order valence-electron chi connectivity index (χ2n) is 8.91. The number of carbonyl (C=O) groups is 2. The summed E-state index contributed by atoms with van der Waals surface area (Å²) in [6.07, 6.45) is 6.43. The van der Waals surface area contributed by atoms with Gasteiger partial charge in [-0.05, 0) is 55.4 Å². The van der Waals surface area contributed by atoms with Gasteiger partial charge in [-0.25, -0.2) is 0 Å². The molecular formula is C20H25NO3. The summed E-state index contributed by atoms with van der Waals surface area (Å²) in [6, 6.07) is 2.12. The molecule has 4 rings (SSSR count). The minimum Gasteiger partial charge on any atom is -0.375 e. The molecule has 0 spiro atoms. The second kappa shape index (κ2) is 4.79. The predicted molar refractivity (Wildman–Crippen MR) is 87.7 cm³/mol. The zero-order chi connectivity index (χ0) is 17.3. The van der Waals surface area contributed by atoms with Gasteiger partial charge in [-0.1, -0.05) is 19.4 Å². The van der Waals surface area contributed by atoms with Gasteiger partial charge >= 0.3 is 0 Å². The highest BCUT2D eigenvalue weighted by atomic mass is 16.3. The molecule has 4 aliphatic rings. The van der Waals surface area contributed by atoms with Crippen LogP contribution in [0.25, 0.3) is 0 Å². The Hall–Kier alpha value is -1.47. The number of rotatable bonds is 0. The van der Waals surface area contributed by atoms with Gasteiger partial charge in [0, 0.05) is 24.2 Å². The van der Waals surface area contributed by atoms with E-state index in [0.717, 1.165) is 31.3 Å². The van der Waals surface area contributed by atoms with Gasteiger partial charge in [-0.15, -0.1) is 0 Å². The summed E-state index contributed by atoms with van der Waals surface area (Å²) in [5.41, 5.74) is -1.05. The lowest BCUT2D eigenvalue weighted by atomic mass is 9.46. The van der Waals surface area contributed by atoms with Crippen molar-refractivity contribution >= 4 is 11.6 Å². The van der Waals surface area contributed by atoms with Crippen LogP contribution < -0.4 is 0 Å². The van der Waals surface area contributed by atoms with E-state index in [1.165, 1.54) is 0 Å². The van der Waals surface area contributed by atoms with Crippen LogP contribution in [0.4, 0.5) is 0 Å². The van der Waals surface area contributed by atoms with Crippen LogP contribution in [0.1, 0.15) is 58.8 Å². The number of Topliss-reactive ketones (excluding diaryl/α,β-unsaturated/α-hetero) is 1. The highest BCUT2D eigenvalue weighted by Crippen LogP contribution is 2.66. The van der Waals surface area contributed by atoms with Crippen molar-refractivity contribution in [3.63, 3.8) is 0 Å². The van der Waals surface area contributed by atoms with Gasteiger partial charge in [-0.3, -0.25) is 9.59 Å². The van der Waals surface area contributed by atoms with Crippen molar-refractivity contribution in [2.24, 2.45) is 28.6 Å².